The summed E-state index contributed by atoms with van der Waals surface area (Å²) in [5, 5.41) is 0. The lowest BCUT2D eigenvalue weighted by Crippen LogP contribution is -1.87. The van der Waals surface area contributed by atoms with Gasteiger partial charge in [-0.2, -0.15) is 0 Å². The number of methoxy groups -OCH3 is 1. The lowest BCUT2D eigenvalue weighted by atomic mass is 10.3. The second-order valence-corrected chi connectivity index (χ2v) is 8.07. The van der Waals surface area contributed by atoms with Crippen molar-refractivity contribution in [1.82, 2.24) is 0 Å². The van der Waals surface area contributed by atoms with E-state index in [9.17, 15) is 0 Å². The molecule has 0 aromatic heterocycles. The van der Waals surface area contributed by atoms with Gasteiger partial charge in [-0.05, 0) is 36.8 Å². The van der Waals surface area contributed by atoms with Gasteiger partial charge in [0.05, 0.1) is 7.11 Å². The number of ether oxygens (including phenoxy) is 1. The van der Waals surface area contributed by atoms with E-state index >= 15 is 0 Å². The molecule has 0 aliphatic rings. The summed E-state index contributed by atoms with van der Waals surface area (Å²) >= 11 is 0. The van der Waals surface area contributed by atoms with Crippen molar-refractivity contribution in [2.45, 2.75) is 4.90 Å². The Kier molecular flexibility index (Phi) is 2.91. The molecule has 0 amide bonds. The second kappa shape index (κ2) is 3.58. The molecule has 0 aliphatic heterocycles. The maximum Gasteiger partial charge on any atom is 0.118 e. The first kappa shape index (κ1) is 9.75. The number of hydrogen-bond donors (Lipinski definition) is 0. The molecule has 0 bridgehead atoms. The molecule has 0 saturated carbocycles. The van der Waals surface area contributed by atoms with E-state index in [-0.39, 0.29) is 0 Å². The van der Waals surface area contributed by atoms with Gasteiger partial charge >= 0.3 is 0 Å². The first-order chi connectivity index (χ1) is 5.54. The van der Waals surface area contributed by atoms with Gasteiger partial charge in [-0.25, -0.2) is 0 Å². The van der Waals surface area contributed by atoms with Gasteiger partial charge in [-0.3, -0.25) is 0 Å². The molecule has 0 N–H and O–H groups in total. The zero-order valence-corrected chi connectivity index (χ0v) is 9.08. The van der Waals surface area contributed by atoms with E-state index in [0.717, 1.165) is 5.75 Å². The molecule has 0 unspecified atom stereocenters. The van der Waals surface area contributed by atoms with Crippen molar-refractivity contribution < 1.29 is 4.74 Å². The topological polar surface area (TPSA) is 9.23 Å². The fourth-order valence-electron chi connectivity index (χ4n) is 0.899. The summed E-state index contributed by atoms with van der Waals surface area (Å²) in [5.41, 5.74) is 0. The molecule has 68 valence electrons. The summed E-state index contributed by atoms with van der Waals surface area (Å²) in [6.07, 6.45) is 4.10. The average molecular weight is 205 g/mol. The smallest absolute Gasteiger partial charge is 0.118 e. The van der Waals surface area contributed by atoms with Crippen LogP contribution in [0.1, 0.15) is 0 Å². The van der Waals surface area contributed by atoms with Crippen LogP contribution in [0.25, 0.3) is 0 Å². The van der Waals surface area contributed by atoms with Gasteiger partial charge in [-0.15, -0.1) is 9.24 Å². The predicted octanol–water partition coefficient (Wildman–Crippen LogP) is 3.27. The van der Waals surface area contributed by atoms with E-state index in [1.165, 1.54) is 4.90 Å². The molecule has 3 heteroatoms. The Bertz CT molecular complexity index is 250. The Morgan fingerprint density at radius 1 is 1.17 bits per heavy atom. The molecule has 12 heavy (non-hydrogen) atoms. The van der Waals surface area contributed by atoms with Crippen LogP contribution in [-0.4, -0.2) is 19.6 Å². The van der Waals surface area contributed by atoms with Gasteiger partial charge < -0.3 is 4.74 Å². The third-order valence-corrected chi connectivity index (χ3v) is 3.55. The van der Waals surface area contributed by atoms with Crippen molar-refractivity contribution in [3.05, 3.63) is 24.3 Å². The van der Waals surface area contributed by atoms with E-state index in [2.05, 4.69) is 12.5 Å². The van der Waals surface area contributed by atoms with Crippen LogP contribution < -0.4 is 4.74 Å². The molecule has 1 aromatic rings. The van der Waals surface area contributed by atoms with Crippen LogP contribution in [-0.2, 0) is 0 Å². The summed E-state index contributed by atoms with van der Waals surface area (Å²) in [6.45, 7) is 0. The van der Waals surface area contributed by atoms with E-state index in [1.807, 2.05) is 24.3 Å². The largest absolute Gasteiger partial charge is 0.497 e. The van der Waals surface area contributed by atoms with Gasteiger partial charge in [0.2, 0.25) is 0 Å². The van der Waals surface area contributed by atoms with Crippen LogP contribution in [0.3, 0.4) is 0 Å². The molecular formula is C9H13ClOS. The minimum atomic E-state index is -1.11. The molecule has 0 heterocycles. The Morgan fingerprint density at radius 2 is 1.67 bits per heavy atom. The number of benzene rings is 1. The molecule has 0 atom stereocenters. The van der Waals surface area contributed by atoms with Gasteiger partial charge in [-0.1, -0.05) is 10.7 Å². The molecule has 1 nitrogen and oxygen atoms in total. The van der Waals surface area contributed by atoms with Crippen molar-refractivity contribution in [3.8, 4) is 5.75 Å². The molecule has 0 fully saturated rings. The molecule has 1 aromatic carbocycles. The van der Waals surface area contributed by atoms with Crippen LogP contribution in [0.2, 0.25) is 0 Å². The lowest BCUT2D eigenvalue weighted by molar-refractivity contribution is 0.414. The van der Waals surface area contributed by atoms with Gasteiger partial charge in [0.25, 0.3) is 0 Å². The summed E-state index contributed by atoms with van der Waals surface area (Å²) < 4.78 is 5.05. The van der Waals surface area contributed by atoms with Gasteiger partial charge in [0, 0.05) is 4.90 Å². The molecule has 0 spiro atoms. The monoisotopic (exact) mass is 204 g/mol. The average Bonchev–Trinajstić information content (AvgIpc) is 2.03. The molecule has 1 rings (SSSR count). The van der Waals surface area contributed by atoms with Crippen molar-refractivity contribution in [1.29, 1.82) is 0 Å². The first-order valence-electron chi connectivity index (χ1n) is 3.61. The highest BCUT2D eigenvalue weighted by Gasteiger charge is 2.09. The Labute approximate surface area is 79.5 Å². The summed E-state index contributed by atoms with van der Waals surface area (Å²) in [7, 11) is 6.75. The third-order valence-electron chi connectivity index (χ3n) is 1.62. The highest BCUT2D eigenvalue weighted by atomic mass is 35.7. The standard InChI is InChI=1S/C9H13ClOS/c1-11-8-4-6-9(7-5-8)12(2,3)10/h4-7H,1-3H3. The van der Waals surface area contributed by atoms with E-state index in [0.29, 0.717) is 0 Å². The normalized spacial score (nSPS) is 12.7. The Morgan fingerprint density at radius 3 is 2.00 bits per heavy atom. The molecule has 0 aliphatic carbocycles. The van der Waals surface area contributed by atoms with Crippen LogP contribution in [0.5, 0.6) is 5.75 Å². The minimum Gasteiger partial charge on any atom is -0.497 e. The molecule has 0 radical (unpaired) electrons. The zero-order chi connectivity index (χ0) is 9.19. The van der Waals surface area contributed by atoms with Crippen LogP contribution in [0, 0.1) is 0 Å². The van der Waals surface area contributed by atoms with Gasteiger partial charge in [0.15, 0.2) is 0 Å². The summed E-state index contributed by atoms with van der Waals surface area (Å²) in [5.74, 6) is 0.874. The second-order valence-electron chi connectivity index (χ2n) is 2.88. The van der Waals surface area contributed by atoms with E-state index < -0.39 is 9.24 Å². The molecular weight excluding hydrogens is 192 g/mol. The summed E-state index contributed by atoms with van der Waals surface area (Å²) in [4.78, 5) is 1.19. The fraction of sp³-hybridized carbons (Fsp3) is 0.333. The Hall–Kier alpha value is -0.340. The third kappa shape index (κ3) is 2.32. The SMILES string of the molecule is COc1ccc(S(C)(C)Cl)cc1. The minimum absolute atomic E-state index is 0.874. The number of hydrogen-bond acceptors (Lipinski definition) is 1. The highest BCUT2D eigenvalue weighted by molar-refractivity contribution is 8.50. The maximum atomic E-state index is 6.20. The van der Waals surface area contributed by atoms with Crippen LogP contribution in [0.15, 0.2) is 29.2 Å². The highest BCUT2D eigenvalue weighted by Crippen LogP contribution is 2.53. The van der Waals surface area contributed by atoms with Crippen molar-refractivity contribution in [3.63, 3.8) is 0 Å². The van der Waals surface area contributed by atoms with E-state index in [4.69, 9.17) is 15.4 Å². The van der Waals surface area contributed by atoms with Crippen molar-refractivity contribution >= 4 is 19.9 Å². The first-order valence-corrected chi connectivity index (χ1v) is 6.88. The Balaban J connectivity index is 2.93. The van der Waals surface area contributed by atoms with Crippen LogP contribution in [0.4, 0.5) is 0 Å². The van der Waals surface area contributed by atoms with Crippen molar-refractivity contribution in [2.24, 2.45) is 0 Å². The number of halogens is 1. The zero-order valence-electron chi connectivity index (χ0n) is 7.50. The summed E-state index contributed by atoms with van der Waals surface area (Å²) in [6, 6.07) is 7.90. The maximum absolute atomic E-state index is 6.20. The molecule has 0 saturated heterocycles. The lowest BCUT2D eigenvalue weighted by Gasteiger charge is -2.22. The van der Waals surface area contributed by atoms with Crippen molar-refractivity contribution in [2.75, 3.05) is 19.6 Å². The van der Waals surface area contributed by atoms with Crippen LogP contribution >= 0.6 is 19.9 Å². The number of rotatable bonds is 2. The van der Waals surface area contributed by atoms with E-state index in [1.54, 1.807) is 7.11 Å². The fourth-order valence-corrected chi connectivity index (χ4v) is 1.99. The quantitative estimate of drug-likeness (QED) is 0.719. The predicted molar refractivity (Wildman–Crippen MR) is 56.6 cm³/mol. The van der Waals surface area contributed by atoms with Gasteiger partial charge in [0.1, 0.15) is 5.75 Å².